The van der Waals surface area contributed by atoms with E-state index >= 15 is 0 Å². The van der Waals surface area contributed by atoms with Crippen LogP contribution in [-0.4, -0.2) is 34.9 Å². The normalized spacial score (nSPS) is 21.1. The van der Waals surface area contributed by atoms with Gasteiger partial charge in [-0.05, 0) is 25.0 Å². The second-order valence-corrected chi connectivity index (χ2v) is 8.50. The standard InChI is InChI=1S/C14H16Cl2N2O2S/c15-7-6-13-17-14-11(16)4-1-5-12(14)18(13)9-10-3-2-8-21(10,19)20/h1,4-5,10H,2-3,6-9H2. The number of aryl methyl sites for hydroxylation is 1. The van der Waals surface area contributed by atoms with Gasteiger partial charge in [0.15, 0.2) is 9.84 Å². The largest absolute Gasteiger partial charge is 0.327 e. The molecule has 1 aliphatic heterocycles. The van der Waals surface area contributed by atoms with Gasteiger partial charge in [-0.3, -0.25) is 0 Å². The van der Waals surface area contributed by atoms with Crippen LogP contribution in [-0.2, 0) is 22.8 Å². The van der Waals surface area contributed by atoms with Crippen LogP contribution in [0.1, 0.15) is 18.7 Å². The summed E-state index contributed by atoms with van der Waals surface area (Å²) in [7, 11) is -2.99. The van der Waals surface area contributed by atoms with E-state index in [4.69, 9.17) is 23.2 Å². The predicted molar refractivity (Wildman–Crippen MR) is 86.0 cm³/mol. The number of benzene rings is 1. The maximum Gasteiger partial charge on any atom is 0.154 e. The molecule has 0 saturated carbocycles. The molecule has 21 heavy (non-hydrogen) atoms. The zero-order valence-corrected chi connectivity index (χ0v) is 13.8. The van der Waals surface area contributed by atoms with E-state index in [1.54, 1.807) is 6.07 Å². The van der Waals surface area contributed by atoms with Crippen LogP contribution in [0, 0.1) is 0 Å². The molecule has 0 spiro atoms. The van der Waals surface area contributed by atoms with Gasteiger partial charge in [0.05, 0.1) is 21.5 Å². The highest BCUT2D eigenvalue weighted by molar-refractivity contribution is 7.92. The average Bonchev–Trinajstić information content (AvgIpc) is 2.94. The highest BCUT2D eigenvalue weighted by Gasteiger charge is 2.32. The molecule has 0 aliphatic carbocycles. The Morgan fingerprint density at radius 1 is 1.38 bits per heavy atom. The van der Waals surface area contributed by atoms with Crippen molar-refractivity contribution in [3.63, 3.8) is 0 Å². The summed E-state index contributed by atoms with van der Waals surface area (Å²) in [6.07, 6.45) is 2.05. The Kier molecular flexibility index (Phi) is 4.17. The molecule has 1 aromatic heterocycles. The number of alkyl halides is 1. The van der Waals surface area contributed by atoms with Crippen molar-refractivity contribution >= 4 is 44.1 Å². The molecule has 0 radical (unpaired) electrons. The van der Waals surface area contributed by atoms with Gasteiger partial charge in [-0.2, -0.15) is 0 Å². The summed E-state index contributed by atoms with van der Waals surface area (Å²) in [6, 6.07) is 5.57. The van der Waals surface area contributed by atoms with E-state index in [0.29, 0.717) is 30.3 Å². The van der Waals surface area contributed by atoms with E-state index in [-0.39, 0.29) is 11.0 Å². The predicted octanol–water partition coefficient (Wildman–Crippen LogP) is 3.05. The lowest BCUT2D eigenvalue weighted by Gasteiger charge is -2.13. The number of halogens is 2. The van der Waals surface area contributed by atoms with Crippen LogP contribution in [0.4, 0.5) is 0 Å². The summed E-state index contributed by atoms with van der Waals surface area (Å²) < 4.78 is 26.1. The molecule has 1 atom stereocenters. The first kappa shape index (κ1) is 15.1. The lowest BCUT2D eigenvalue weighted by atomic mass is 10.2. The van der Waals surface area contributed by atoms with E-state index in [9.17, 15) is 8.42 Å². The van der Waals surface area contributed by atoms with Gasteiger partial charge in [-0.1, -0.05) is 17.7 Å². The summed E-state index contributed by atoms with van der Waals surface area (Å²) in [5.41, 5.74) is 1.60. The quantitative estimate of drug-likeness (QED) is 0.799. The van der Waals surface area contributed by atoms with Crippen molar-refractivity contribution in [2.75, 3.05) is 11.6 Å². The Bertz CT molecular complexity index is 771. The molecule has 1 fully saturated rings. The summed E-state index contributed by atoms with van der Waals surface area (Å²) >= 11 is 12.0. The van der Waals surface area contributed by atoms with Crippen LogP contribution in [0.3, 0.4) is 0 Å². The first-order chi connectivity index (χ1) is 10.0. The Balaban J connectivity index is 2.07. The van der Waals surface area contributed by atoms with Crippen molar-refractivity contribution in [3.8, 4) is 0 Å². The Morgan fingerprint density at radius 2 is 2.19 bits per heavy atom. The van der Waals surface area contributed by atoms with Crippen molar-refractivity contribution in [1.82, 2.24) is 9.55 Å². The van der Waals surface area contributed by atoms with Gasteiger partial charge in [-0.15, -0.1) is 11.6 Å². The van der Waals surface area contributed by atoms with Crippen molar-refractivity contribution in [3.05, 3.63) is 29.0 Å². The van der Waals surface area contributed by atoms with Gasteiger partial charge in [0.2, 0.25) is 0 Å². The zero-order valence-electron chi connectivity index (χ0n) is 11.4. The summed E-state index contributed by atoms with van der Waals surface area (Å²) in [5.74, 6) is 1.53. The minimum atomic E-state index is -2.99. The molecule has 7 heteroatoms. The Hall–Kier alpha value is -0.780. The molecular weight excluding hydrogens is 331 g/mol. The number of aromatic nitrogens is 2. The third-order valence-corrected chi connectivity index (χ3v) is 6.73. The molecule has 0 bridgehead atoms. The molecule has 1 aliphatic rings. The minimum absolute atomic E-state index is 0.288. The molecule has 1 saturated heterocycles. The van der Waals surface area contributed by atoms with Crippen molar-refractivity contribution in [2.45, 2.75) is 31.1 Å². The van der Waals surface area contributed by atoms with Crippen LogP contribution >= 0.6 is 23.2 Å². The number of nitrogens with zero attached hydrogens (tertiary/aromatic N) is 2. The summed E-state index contributed by atoms with van der Waals surface area (Å²) in [6.45, 7) is 0.436. The number of imidazole rings is 1. The fourth-order valence-electron chi connectivity index (χ4n) is 2.91. The van der Waals surface area contributed by atoms with E-state index in [1.165, 1.54) is 0 Å². The zero-order chi connectivity index (χ0) is 15.0. The SMILES string of the molecule is O=S1(=O)CCCC1Cn1c(CCCl)nc2c(Cl)cccc21. The smallest absolute Gasteiger partial charge is 0.154 e. The van der Waals surface area contributed by atoms with Gasteiger partial charge in [0, 0.05) is 18.8 Å². The lowest BCUT2D eigenvalue weighted by Crippen LogP contribution is -2.23. The molecule has 3 rings (SSSR count). The molecule has 0 amide bonds. The maximum absolute atomic E-state index is 12.1. The Labute approximate surface area is 134 Å². The highest BCUT2D eigenvalue weighted by atomic mass is 35.5. The van der Waals surface area contributed by atoms with Crippen molar-refractivity contribution in [1.29, 1.82) is 0 Å². The molecule has 4 nitrogen and oxygen atoms in total. The van der Waals surface area contributed by atoms with Crippen LogP contribution in [0.15, 0.2) is 18.2 Å². The van der Waals surface area contributed by atoms with Gasteiger partial charge >= 0.3 is 0 Å². The number of hydrogen-bond acceptors (Lipinski definition) is 3. The number of hydrogen-bond donors (Lipinski definition) is 0. The van der Waals surface area contributed by atoms with Crippen LogP contribution < -0.4 is 0 Å². The van der Waals surface area contributed by atoms with Gasteiger partial charge in [0.1, 0.15) is 11.3 Å². The van der Waals surface area contributed by atoms with Crippen LogP contribution in [0.2, 0.25) is 5.02 Å². The lowest BCUT2D eigenvalue weighted by molar-refractivity contribution is 0.564. The summed E-state index contributed by atoms with van der Waals surface area (Å²) in [5, 5.41) is 0.249. The van der Waals surface area contributed by atoms with E-state index in [1.807, 2.05) is 16.7 Å². The number of fused-ring (bicyclic) bond motifs is 1. The molecule has 0 N–H and O–H groups in total. The molecule has 2 aromatic rings. The van der Waals surface area contributed by atoms with Crippen molar-refractivity contribution in [2.24, 2.45) is 0 Å². The van der Waals surface area contributed by atoms with Gasteiger partial charge < -0.3 is 4.57 Å². The van der Waals surface area contributed by atoms with Crippen molar-refractivity contribution < 1.29 is 8.42 Å². The Morgan fingerprint density at radius 3 is 2.86 bits per heavy atom. The first-order valence-electron chi connectivity index (χ1n) is 6.94. The second kappa shape index (κ2) is 5.78. The third kappa shape index (κ3) is 2.79. The maximum atomic E-state index is 12.1. The molecule has 1 aromatic carbocycles. The van der Waals surface area contributed by atoms with Crippen LogP contribution in [0.25, 0.3) is 11.0 Å². The van der Waals surface area contributed by atoms with Gasteiger partial charge in [0.25, 0.3) is 0 Å². The van der Waals surface area contributed by atoms with Gasteiger partial charge in [-0.25, -0.2) is 13.4 Å². The average molecular weight is 347 g/mol. The number of sulfone groups is 1. The monoisotopic (exact) mass is 346 g/mol. The molecule has 114 valence electrons. The fraction of sp³-hybridized carbons (Fsp3) is 0.500. The number of para-hydroxylation sites is 1. The minimum Gasteiger partial charge on any atom is -0.327 e. The first-order valence-corrected chi connectivity index (χ1v) is 9.57. The van der Waals surface area contributed by atoms with Crippen LogP contribution in [0.5, 0.6) is 0 Å². The fourth-order valence-corrected chi connectivity index (χ4v) is 5.09. The van der Waals surface area contributed by atoms with E-state index < -0.39 is 9.84 Å². The van der Waals surface area contributed by atoms with E-state index in [2.05, 4.69) is 4.98 Å². The highest BCUT2D eigenvalue weighted by Crippen LogP contribution is 2.28. The number of rotatable bonds is 4. The second-order valence-electron chi connectivity index (χ2n) is 5.32. The summed E-state index contributed by atoms with van der Waals surface area (Å²) in [4.78, 5) is 4.54. The molecular formula is C14H16Cl2N2O2S. The van der Waals surface area contributed by atoms with E-state index in [0.717, 1.165) is 23.3 Å². The molecule has 2 heterocycles. The topological polar surface area (TPSA) is 52.0 Å². The third-order valence-electron chi connectivity index (χ3n) is 3.98. The molecule has 1 unspecified atom stereocenters.